The molecule has 0 saturated carbocycles. The van der Waals surface area contributed by atoms with Crippen molar-refractivity contribution in [1.82, 2.24) is 4.90 Å². The molecule has 0 N–H and O–H groups in total. The zero-order valence-electron chi connectivity index (χ0n) is 13.3. The number of para-hydroxylation sites is 1. The van der Waals surface area contributed by atoms with Crippen LogP contribution in [0.15, 0.2) is 54.6 Å². The second kappa shape index (κ2) is 8.23. The van der Waals surface area contributed by atoms with Crippen LogP contribution in [0.4, 0.5) is 5.69 Å². The van der Waals surface area contributed by atoms with Gasteiger partial charge >= 0.3 is 0 Å². The Morgan fingerprint density at radius 1 is 0.913 bits per heavy atom. The van der Waals surface area contributed by atoms with Crippen molar-refractivity contribution < 1.29 is 4.74 Å². The molecule has 1 aliphatic heterocycles. The minimum atomic E-state index is 0.776. The van der Waals surface area contributed by atoms with Crippen molar-refractivity contribution in [3.05, 3.63) is 59.6 Å². The summed E-state index contributed by atoms with van der Waals surface area (Å²) in [5, 5.41) is 0.808. The Morgan fingerprint density at radius 2 is 1.70 bits per heavy atom. The predicted octanol–water partition coefficient (Wildman–Crippen LogP) is 3.93. The lowest BCUT2D eigenvalue weighted by Gasteiger charge is -2.36. The van der Waals surface area contributed by atoms with E-state index in [4.69, 9.17) is 16.3 Å². The highest BCUT2D eigenvalue weighted by molar-refractivity contribution is 6.30. The number of benzene rings is 2. The van der Waals surface area contributed by atoms with E-state index < -0.39 is 0 Å². The molecule has 0 unspecified atom stereocenters. The fourth-order valence-electron chi connectivity index (χ4n) is 2.90. The van der Waals surface area contributed by atoms with Crippen molar-refractivity contribution >= 4 is 17.3 Å². The van der Waals surface area contributed by atoms with Gasteiger partial charge in [0.15, 0.2) is 0 Å². The van der Waals surface area contributed by atoms with Gasteiger partial charge in [-0.1, -0.05) is 35.9 Å². The van der Waals surface area contributed by atoms with Crippen LogP contribution in [0.5, 0.6) is 5.75 Å². The first-order chi connectivity index (χ1) is 11.3. The van der Waals surface area contributed by atoms with Gasteiger partial charge in [0.25, 0.3) is 0 Å². The molecule has 0 spiro atoms. The summed E-state index contributed by atoms with van der Waals surface area (Å²) in [4.78, 5) is 4.91. The average Bonchev–Trinajstić information content (AvgIpc) is 2.60. The average molecular weight is 331 g/mol. The lowest BCUT2D eigenvalue weighted by atomic mass is 10.2. The van der Waals surface area contributed by atoms with Gasteiger partial charge in [0.2, 0.25) is 0 Å². The van der Waals surface area contributed by atoms with Gasteiger partial charge in [-0.25, -0.2) is 0 Å². The first kappa shape index (κ1) is 16.2. The van der Waals surface area contributed by atoms with Gasteiger partial charge in [0, 0.05) is 43.4 Å². The van der Waals surface area contributed by atoms with Crippen LogP contribution in [-0.2, 0) is 0 Å². The summed E-state index contributed by atoms with van der Waals surface area (Å²) in [7, 11) is 0. The molecule has 0 aromatic heterocycles. The van der Waals surface area contributed by atoms with Crippen molar-refractivity contribution in [2.24, 2.45) is 0 Å². The van der Waals surface area contributed by atoms with Crippen molar-refractivity contribution in [3.63, 3.8) is 0 Å². The third kappa shape index (κ3) is 4.88. The molecule has 0 radical (unpaired) electrons. The smallest absolute Gasteiger partial charge is 0.119 e. The number of hydrogen-bond donors (Lipinski definition) is 0. The summed E-state index contributed by atoms with van der Waals surface area (Å²) in [5.74, 6) is 0.957. The summed E-state index contributed by atoms with van der Waals surface area (Å²) in [5.41, 5.74) is 1.23. The maximum Gasteiger partial charge on any atom is 0.119 e. The molecule has 2 aromatic carbocycles. The van der Waals surface area contributed by atoms with Gasteiger partial charge in [0.1, 0.15) is 5.75 Å². The Balaban J connectivity index is 1.36. The minimum Gasteiger partial charge on any atom is -0.494 e. The van der Waals surface area contributed by atoms with Gasteiger partial charge in [-0.05, 0) is 36.8 Å². The number of hydrogen-bond acceptors (Lipinski definition) is 3. The highest BCUT2D eigenvalue weighted by Gasteiger charge is 2.16. The summed E-state index contributed by atoms with van der Waals surface area (Å²) < 4.78 is 5.75. The second-order valence-electron chi connectivity index (χ2n) is 5.82. The monoisotopic (exact) mass is 330 g/mol. The fourth-order valence-corrected chi connectivity index (χ4v) is 3.08. The zero-order valence-corrected chi connectivity index (χ0v) is 14.1. The van der Waals surface area contributed by atoms with Gasteiger partial charge in [0.05, 0.1) is 6.61 Å². The molecule has 23 heavy (non-hydrogen) atoms. The number of halogens is 1. The zero-order chi connectivity index (χ0) is 15.9. The first-order valence-electron chi connectivity index (χ1n) is 8.22. The van der Waals surface area contributed by atoms with Crippen LogP contribution in [-0.4, -0.2) is 44.2 Å². The normalized spacial score (nSPS) is 15.6. The molecule has 3 nitrogen and oxygen atoms in total. The van der Waals surface area contributed by atoms with Gasteiger partial charge in [-0.2, -0.15) is 0 Å². The number of ether oxygens (including phenoxy) is 1. The molecule has 0 amide bonds. The molecule has 0 aliphatic carbocycles. The molecular formula is C19H23ClN2O. The van der Waals surface area contributed by atoms with E-state index in [0.29, 0.717) is 0 Å². The maximum absolute atomic E-state index is 6.08. The van der Waals surface area contributed by atoms with Crippen LogP contribution >= 0.6 is 11.6 Å². The lowest BCUT2D eigenvalue weighted by Crippen LogP contribution is -2.46. The van der Waals surface area contributed by atoms with E-state index in [1.165, 1.54) is 5.69 Å². The summed E-state index contributed by atoms with van der Waals surface area (Å²) in [6, 6.07) is 18.1. The Kier molecular flexibility index (Phi) is 5.78. The Bertz CT molecular complexity index is 597. The maximum atomic E-state index is 6.08. The van der Waals surface area contributed by atoms with Crippen LogP contribution in [0.25, 0.3) is 0 Å². The molecule has 1 aliphatic rings. The molecule has 2 aromatic rings. The molecule has 122 valence electrons. The van der Waals surface area contributed by atoms with Crippen molar-refractivity contribution in [3.8, 4) is 5.75 Å². The summed E-state index contributed by atoms with van der Waals surface area (Å²) in [6.45, 7) is 6.17. The number of piperazine rings is 1. The van der Waals surface area contributed by atoms with Crippen LogP contribution < -0.4 is 9.64 Å². The molecule has 1 fully saturated rings. The van der Waals surface area contributed by atoms with E-state index >= 15 is 0 Å². The largest absolute Gasteiger partial charge is 0.494 e. The highest BCUT2D eigenvalue weighted by Crippen LogP contribution is 2.20. The Labute approximate surface area is 143 Å². The van der Waals surface area contributed by atoms with Crippen molar-refractivity contribution in [1.29, 1.82) is 0 Å². The second-order valence-corrected chi connectivity index (χ2v) is 6.26. The van der Waals surface area contributed by atoms with E-state index in [-0.39, 0.29) is 0 Å². The molecule has 1 heterocycles. The van der Waals surface area contributed by atoms with Gasteiger partial charge in [-0.3, -0.25) is 4.90 Å². The van der Waals surface area contributed by atoms with Crippen LogP contribution in [0, 0.1) is 0 Å². The van der Waals surface area contributed by atoms with Gasteiger partial charge in [-0.15, -0.1) is 0 Å². The predicted molar refractivity (Wildman–Crippen MR) is 96.7 cm³/mol. The van der Waals surface area contributed by atoms with Gasteiger partial charge < -0.3 is 9.64 Å². The first-order valence-corrected chi connectivity index (χ1v) is 8.60. The number of anilines is 1. The molecule has 1 saturated heterocycles. The van der Waals surface area contributed by atoms with E-state index in [9.17, 15) is 0 Å². The number of rotatable bonds is 6. The van der Waals surface area contributed by atoms with Crippen LogP contribution in [0.2, 0.25) is 5.02 Å². The fraction of sp³-hybridized carbons (Fsp3) is 0.368. The van der Waals surface area contributed by atoms with Crippen molar-refractivity contribution in [2.75, 3.05) is 44.2 Å². The van der Waals surface area contributed by atoms with E-state index in [1.807, 2.05) is 48.5 Å². The molecule has 3 rings (SSSR count). The molecule has 0 bridgehead atoms. The summed E-state index contributed by atoms with van der Waals surface area (Å²) >= 11 is 6.08. The SMILES string of the molecule is Clc1cccc(N2CCN(CCCOc3ccccc3)CC2)c1. The summed E-state index contributed by atoms with van der Waals surface area (Å²) in [6.07, 6.45) is 1.06. The van der Waals surface area contributed by atoms with Crippen molar-refractivity contribution in [2.45, 2.75) is 6.42 Å². The topological polar surface area (TPSA) is 15.7 Å². The quantitative estimate of drug-likeness (QED) is 0.746. The minimum absolute atomic E-state index is 0.776. The number of nitrogens with zero attached hydrogens (tertiary/aromatic N) is 2. The lowest BCUT2D eigenvalue weighted by molar-refractivity contribution is 0.225. The van der Waals surface area contributed by atoms with E-state index in [1.54, 1.807) is 0 Å². The van der Waals surface area contributed by atoms with Crippen LogP contribution in [0.3, 0.4) is 0 Å². The molecular weight excluding hydrogens is 308 g/mol. The van der Waals surface area contributed by atoms with Crippen LogP contribution in [0.1, 0.15) is 6.42 Å². The third-order valence-electron chi connectivity index (χ3n) is 4.18. The highest BCUT2D eigenvalue weighted by atomic mass is 35.5. The molecule has 0 atom stereocenters. The van der Waals surface area contributed by atoms with E-state index in [0.717, 1.165) is 56.5 Å². The Hall–Kier alpha value is -1.71. The standard InChI is InChI=1S/C19H23ClN2O/c20-17-6-4-7-18(16-17)22-13-11-21(12-14-22)10-5-15-23-19-8-2-1-3-9-19/h1-4,6-9,16H,5,10-15H2. The third-order valence-corrected chi connectivity index (χ3v) is 4.41. The molecule has 4 heteroatoms. The van der Waals surface area contributed by atoms with E-state index in [2.05, 4.69) is 15.9 Å². The Morgan fingerprint density at radius 3 is 2.43 bits per heavy atom.